The third-order valence-corrected chi connectivity index (χ3v) is 4.18. The molecule has 1 fully saturated rings. The highest BCUT2D eigenvalue weighted by Crippen LogP contribution is 2.29. The van der Waals surface area contributed by atoms with Crippen LogP contribution in [0.2, 0.25) is 0 Å². The Bertz CT molecular complexity index is 536. The molecule has 0 spiro atoms. The summed E-state index contributed by atoms with van der Waals surface area (Å²) in [5.41, 5.74) is 0.866. The van der Waals surface area contributed by atoms with Crippen molar-refractivity contribution in [1.29, 1.82) is 0 Å². The highest BCUT2D eigenvalue weighted by Gasteiger charge is 2.36. The highest BCUT2D eigenvalue weighted by atomic mass is 16.5. The van der Waals surface area contributed by atoms with Crippen molar-refractivity contribution in [3.63, 3.8) is 0 Å². The van der Waals surface area contributed by atoms with Crippen LogP contribution in [0.5, 0.6) is 0 Å². The van der Waals surface area contributed by atoms with E-state index in [1.54, 1.807) is 6.20 Å². The van der Waals surface area contributed by atoms with E-state index in [4.69, 9.17) is 4.74 Å². The van der Waals surface area contributed by atoms with Crippen molar-refractivity contribution in [1.82, 2.24) is 25.2 Å². The standard InChI is InChI=1S/C15H25N5O2/c1-15(2,3)17-14(21)5-7-19-6-4-13-12(9-19)20-11(10-22-13)8-16-18-20/h8,12-13H,4-7,9-10H2,1-3H3,(H,17,21)/t12-,13+/m1/s1. The quantitative estimate of drug-likeness (QED) is 0.891. The van der Waals surface area contributed by atoms with E-state index in [2.05, 4.69) is 20.5 Å². The van der Waals surface area contributed by atoms with Gasteiger partial charge in [0, 0.05) is 31.6 Å². The van der Waals surface area contributed by atoms with Gasteiger partial charge in [0.2, 0.25) is 5.91 Å². The first-order valence-electron chi connectivity index (χ1n) is 7.96. The first-order valence-corrected chi connectivity index (χ1v) is 7.96. The first-order chi connectivity index (χ1) is 10.4. The van der Waals surface area contributed by atoms with Gasteiger partial charge in [0.1, 0.15) is 0 Å². The Labute approximate surface area is 131 Å². The van der Waals surface area contributed by atoms with Crippen molar-refractivity contribution < 1.29 is 9.53 Å². The number of rotatable bonds is 3. The van der Waals surface area contributed by atoms with Crippen molar-refractivity contribution in [2.45, 2.75) is 57.9 Å². The van der Waals surface area contributed by atoms with Crippen LogP contribution in [-0.2, 0) is 16.1 Å². The molecule has 7 heteroatoms. The van der Waals surface area contributed by atoms with Crippen molar-refractivity contribution >= 4 is 5.91 Å². The summed E-state index contributed by atoms with van der Waals surface area (Å²) in [7, 11) is 0. The lowest BCUT2D eigenvalue weighted by Gasteiger charge is -2.41. The van der Waals surface area contributed by atoms with Gasteiger partial charge in [-0.25, -0.2) is 4.68 Å². The van der Waals surface area contributed by atoms with Crippen molar-refractivity contribution in [3.8, 4) is 0 Å². The number of nitrogens with one attached hydrogen (secondary N) is 1. The number of likely N-dealkylation sites (tertiary alicyclic amines) is 1. The van der Waals surface area contributed by atoms with Gasteiger partial charge >= 0.3 is 0 Å². The molecule has 1 aromatic rings. The third kappa shape index (κ3) is 3.47. The topological polar surface area (TPSA) is 72.3 Å². The van der Waals surface area contributed by atoms with E-state index in [1.165, 1.54) is 0 Å². The number of nitrogens with zero attached hydrogens (tertiary/aromatic N) is 4. The second-order valence-electron chi connectivity index (χ2n) is 7.22. The number of fused-ring (bicyclic) bond motifs is 3. The molecule has 2 aliphatic heterocycles. The van der Waals surface area contributed by atoms with Crippen LogP contribution in [0.4, 0.5) is 0 Å². The molecule has 22 heavy (non-hydrogen) atoms. The normalized spacial score (nSPS) is 25.4. The number of carbonyl (C=O) groups is 1. The fourth-order valence-corrected chi connectivity index (χ4v) is 3.19. The van der Waals surface area contributed by atoms with Gasteiger partial charge < -0.3 is 15.0 Å². The summed E-state index contributed by atoms with van der Waals surface area (Å²) in [6.45, 7) is 9.21. The van der Waals surface area contributed by atoms with E-state index in [-0.39, 0.29) is 23.6 Å². The van der Waals surface area contributed by atoms with Gasteiger partial charge in [-0.3, -0.25) is 4.79 Å². The average Bonchev–Trinajstić information content (AvgIpc) is 2.92. The van der Waals surface area contributed by atoms with Crippen LogP contribution in [0.1, 0.15) is 45.3 Å². The van der Waals surface area contributed by atoms with Crippen LogP contribution in [0.3, 0.4) is 0 Å². The summed E-state index contributed by atoms with van der Waals surface area (Å²) in [5.74, 6) is 0.107. The van der Waals surface area contributed by atoms with Crippen LogP contribution in [0, 0.1) is 0 Å². The Morgan fingerprint density at radius 1 is 1.50 bits per heavy atom. The van der Waals surface area contributed by atoms with Crippen molar-refractivity contribution in [3.05, 3.63) is 11.9 Å². The Hall–Kier alpha value is -1.47. The number of hydrogen-bond donors (Lipinski definition) is 1. The molecule has 0 bridgehead atoms. The molecule has 7 nitrogen and oxygen atoms in total. The summed E-state index contributed by atoms with van der Waals surface area (Å²) >= 11 is 0. The lowest BCUT2D eigenvalue weighted by molar-refractivity contribution is -0.123. The second-order valence-corrected chi connectivity index (χ2v) is 7.22. The Balaban J connectivity index is 1.55. The van der Waals surface area contributed by atoms with Gasteiger partial charge in [0.15, 0.2) is 0 Å². The van der Waals surface area contributed by atoms with Gasteiger partial charge in [-0.05, 0) is 27.2 Å². The molecule has 3 rings (SSSR count). The van der Waals surface area contributed by atoms with E-state index in [0.717, 1.165) is 31.7 Å². The summed E-state index contributed by atoms with van der Waals surface area (Å²) < 4.78 is 7.90. The van der Waals surface area contributed by atoms with Crippen LogP contribution >= 0.6 is 0 Å². The number of aromatic nitrogens is 3. The number of carbonyl (C=O) groups excluding carboxylic acids is 1. The van der Waals surface area contributed by atoms with E-state index in [9.17, 15) is 4.79 Å². The van der Waals surface area contributed by atoms with E-state index < -0.39 is 0 Å². The maximum Gasteiger partial charge on any atom is 0.221 e. The molecule has 0 aromatic carbocycles. The van der Waals surface area contributed by atoms with Gasteiger partial charge in [-0.2, -0.15) is 0 Å². The molecule has 1 aromatic heterocycles. The van der Waals surface area contributed by atoms with Crippen molar-refractivity contribution in [2.75, 3.05) is 19.6 Å². The monoisotopic (exact) mass is 307 g/mol. The molecular formula is C15H25N5O2. The minimum atomic E-state index is -0.170. The molecular weight excluding hydrogens is 282 g/mol. The lowest BCUT2D eigenvalue weighted by Crippen LogP contribution is -2.49. The molecule has 0 saturated carbocycles. The molecule has 0 aliphatic carbocycles. The number of hydrogen-bond acceptors (Lipinski definition) is 5. The predicted octanol–water partition coefficient (Wildman–Crippen LogP) is 0.729. The highest BCUT2D eigenvalue weighted by molar-refractivity contribution is 5.76. The molecule has 122 valence electrons. The number of ether oxygens (including phenoxy) is 1. The maximum atomic E-state index is 12.0. The summed E-state index contributed by atoms with van der Waals surface area (Å²) in [4.78, 5) is 14.3. The molecule has 2 aliphatic rings. The third-order valence-electron chi connectivity index (χ3n) is 4.18. The SMILES string of the molecule is CC(C)(C)NC(=O)CCN1CC[C@@H]2OCc3cnnn3[C@@H]2C1. The van der Waals surface area contributed by atoms with E-state index >= 15 is 0 Å². The molecule has 0 unspecified atom stereocenters. The Morgan fingerprint density at radius 2 is 2.32 bits per heavy atom. The van der Waals surface area contributed by atoms with Gasteiger partial charge in [0.25, 0.3) is 0 Å². The van der Waals surface area contributed by atoms with Crippen LogP contribution < -0.4 is 5.32 Å². The zero-order valence-electron chi connectivity index (χ0n) is 13.6. The molecule has 1 amide bonds. The maximum absolute atomic E-state index is 12.0. The van der Waals surface area contributed by atoms with Gasteiger partial charge in [0.05, 0.1) is 30.6 Å². The molecule has 1 saturated heterocycles. The molecule has 1 N–H and O–H groups in total. The zero-order valence-corrected chi connectivity index (χ0v) is 13.6. The Kier molecular flexibility index (Phi) is 4.18. The van der Waals surface area contributed by atoms with E-state index in [0.29, 0.717) is 13.0 Å². The molecule has 0 radical (unpaired) electrons. The smallest absolute Gasteiger partial charge is 0.221 e. The largest absolute Gasteiger partial charge is 0.370 e. The number of amides is 1. The molecule has 2 atom stereocenters. The van der Waals surface area contributed by atoms with Crippen LogP contribution in [-0.4, -0.2) is 57.1 Å². The second kappa shape index (κ2) is 5.96. The van der Waals surface area contributed by atoms with E-state index in [1.807, 2.05) is 25.5 Å². The average molecular weight is 307 g/mol. The fourth-order valence-electron chi connectivity index (χ4n) is 3.19. The Morgan fingerprint density at radius 3 is 3.09 bits per heavy atom. The summed E-state index contributed by atoms with van der Waals surface area (Å²) in [6, 6.07) is 0.214. The summed E-state index contributed by atoms with van der Waals surface area (Å²) in [6.07, 6.45) is 3.49. The minimum Gasteiger partial charge on any atom is -0.370 e. The van der Waals surface area contributed by atoms with Crippen LogP contribution in [0.25, 0.3) is 0 Å². The zero-order chi connectivity index (χ0) is 15.7. The lowest BCUT2D eigenvalue weighted by atomic mass is 10.00. The summed E-state index contributed by atoms with van der Waals surface area (Å²) in [5, 5.41) is 11.2. The van der Waals surface area contributed by atoms with Crippen molar-refractivity contribution in [2.24, 2.45) is 0 Å². The van der Waals surface area contributed by atoms with Crippen LogP contribution in [0.15, 0.2) is 6.20 Å². The number of piperidine rings is 1. The molecule has 3 heterocycles. The minimum absolute atomic E-state index is 0.107. The van der Waals surface area contributed by atoms with Gasteiger partial charge in [-0.15, -0.1) is 5.10 Å². The predicted molar refractivity (Wildman–Crippen MR) is 81.2 cm³/mol. The van der Waals surface area contributed by atoms with Gasteiger partial charge in [-0.1, -0.05) is 5.21 Å². The first kappa shape index (κ1) is 15.4. The fraction of sp³-hybridized carbons (Fsp3) is 0.800.